The fourth-order valence-corrected chi connectivity index (χ4v) is 7.21. The van der Waals surface area contributed by atoms with Gasteiger partial charge < -0.3 is 10.6 Å². The van der Waals surface area contributed by atoms with E-state index in [1.807, 2.05) is 6.07 Å². The summed E-state index contributed by atoms with van der Waals surface area (Å²) >= 11 is 6.99. The number of amides is 2. The average molecular weight is 693 g/mol. The third kappa shape index (κ3) is 7.89. The Hall–Kier alpha value is -3.92. The number of nitrogens with zero attached hydrogens (tertiary/aromatic N) is 4. The number of nitrogens with one attached hydrogen (secondary N) is 2. The zero-order valence-corrected chi connectivity index (χ0v) is 26.5. The van der Waals surface area contributed by atoms with E-state index in [0.717, 1.165) is 49.2 Å². The predicted octanol–water partition coefficient (Wildman–Crippen LogP) is 5.77. The van der Waals surface area contributed by atoms with Crippen LogP contribution in [0.3, 0.4) is 0 Å². The normalized spacial score (nSPS) is 14.2. The molecule has 1 fully saturated rings. The molecule has 1 saturated heterocycles. The van der Waals surface area contributed by atoms with E-state index in [0.29, 0.717) is 29.8 Å². The number of carbonyl (C=O) groups excluding carboxylic acids is 2. The Morgan fingerprint density at radius 2 is 1.63 bits per heavy atom. The Kier molecular flexibility index (Phi) is 10.4. The summed E-state index contributed by atoms with van der Waals surface area (Å²) in [5.74, 6) is -0.963. The van der Waals surface area contributed by atoms with Crippen LogP contribution in [0.5, 0.6) is 0 Å². The molecule has 0 atom stereocenters. The van der Waals surface area contributed by atoms with Gasteiger partial charge in [-0.3, -0.25) is 14.2 Å². The van der Waals surface area contributed by atoms with Crippen LogP contribution in [-0.2, 0) is 27.5 Å². The second-order valence-corrected chi connectivity index (χ2v) is 13.6. The van der Waals surface area contributed by atoms with Gasteiger partial charge in [-0.1, -0.05) is 48.0 Å². The lowest BCUT2D eigenvalue weighted by molar-refractivity contribution is -0.137. The molecule has 10 nitrogen and oxygen atoms in total. The molecule has 0 unspecified atom stereocenters. The second kappa shape index (κ2) is 14.2. The summed E-state index contributed by atoms with van der Waals surface area (Å²) in [7, 11) is -3.64. The molecular weight excluding hydrogens is 665 g/mol. The van der Waals surface area contributed by atoms with E-state index in [1.165, 1.54) is 28.6 Å². The van der Waals surface area contributed by atoms with Crippen LogP contribution in [0, 0.1) is 0 Å². The molecule has 242 valence electrons. The molecule has 4 aromatic rings. The highest BCUT2D eigenvalue weighted by atomic mass is 35.5. The molecule has 2 N–H and O–H groups in total. The largest absolute Gasteiger partial charge is 0.416 e. The number of alkyl halides is 3. The van der Waals surface area contributed by atoms with Crippen LogP contribution in [0.1, 0.15) is 41.0 Å². The molecule has 1 aromatic heterocycles. The van der Waals surface area contributed by atoms with Crippen molar-refractivity contribution in [2.75, 3.05) is 24.2 Å². The number of aromatic nitrogens is 3. The molecule has 0 bridgehead atoms. The third-order valence-corrected chi connectivity index (χ3v) is 10.3. The van der Waals surface area contributed by atoms with Gasteiger partial charge in [0, 0.05) is 24.3 Å². The minimum absolute atomic E-state index is 0.0462. The summed E-state index contributed by atoms with van der Waals surface area (Å²) in [6.07, 6.45) is -1.98. The summed E-state index contributed by atoms with van der Waals surface area (Å²) in [6.45, 7) is 0.894. The Balaban J connectivity index is 1.26. The van der Waals surface area contributed by atoms with Crippen molar-refractivity contribution in [2.45, 2.75) is 42.0 Å². The number of benzene rings is 3. The van der Waals surface area contributed by atoms with Crippen LogP contribution < -0.4 is 10.6 Å². The summed E-state index contributed by atoms with van der Waals surface area (Å²) in [6, 6.07) is 17.3. The number of rotatable bonds is 10. The van der Waals surface area contributed by atoms with E-state index in [2.05, 4.69) is 20.8 Å². The molecule has 46 heavy (non-hydrogen) atoms. The Morgan fingerprint density at radius 1 is 0.935 bits per heavy atom. The fourth-order valence-electron chi connectivity index (χ4n) is 4.75. The number of sulfonamides is 1. The molecule has 0 spiro atoms. The van der Waals surface area contributed by atoms with Gasteiger partial charge in [-0.15, -0.1) is 10.2 Å². The van der Waals surface area contributed by atoms with E-state index in [9.17, 15) is 31.2 Å². The highest BCUT2D eigenvalue weighted by Crippen LogP contribution is 2.34. The molecule has 2 heterocycles. The maximum Gasteiger partial charge on any atom is 0.416 e. The lowest BCUT2D eigenvalue weighted by Gasteiger charge is -2.25. The number of carbonyl (C=O) groups is 2. The Bertz CT molecular complexity index is 1810. The Labute approximate surface area is 272 Å². The van der Waals surface area contributed by atoms with Gasteiger partial charge in [0.2, 0.25) is 15.9 Å². The first kappa shape index (κ1) is 33.4. The van der Waals surface area contributed by atoms with Gasteiger partial charge in [0.25, 0.3) is 5.91 Å². The van der Waals surface area contributed by atoms with Crippen molar-refractivity contribution in [2.24, 2.45) is 0 Å². The Morgan fingerprint density at radius 3 is 2.30 bits per heavy atom. The molecule has 1 aliphatic heterocycles. The minimum atomic E-state index is -4.60. The molecule has 1 aliphatic rings. The van der Waals surface area contributed by atoms with Crippen LogP contribution in [0.25, 0.3) is 5.69 Å². The molecule has 0 saturated carbocycles. The number of halogens is 4. The molecule has 0 aliphatic carbocycles. The van der Waals surface area contributed by atoms with Crippen LogP contribution in [0.15, 0.2) is 82.8 Å². The highest BCUT2D eigenvalue weighted by Gasteiger charge is 2.31. The van der Waals surface area contributed by atoms with Crippen molar-refractivity contribution in [3.63, 3.8) is 0 Å². The summed E-state index contributed by atoms with van der Waals surface area (Å²) in [5.41, 5.74) is -0.225. The van der Waals surface area contributed by atoms with Gasteiger partial charge in [-0.2, -0.15) is 17.5 Å². The lowest BCUT2D eigenvalue weighted by Crippen LogP contribution is -2.35. The zero-order chi connectivity index (χ0) is 32.9. The molecule has 2 amide bonds. The van der Waals surface area contributed by atoms with Crippen molar-refractivity contribution >= 4 is 50.9 Å². The number of hydrogen-bond acceptors (Lipinski definition) is 7. The van der Waals surface area contributed by atoms with Crippen LogP contribution in [0.2, 0.25) is 5.02 Å². The van der Waals surface area contributed by atoms with Gasteiger partial charge in [-0.05, 0) is 67.4 Å². The third-order valence-electron chi connectivity index (χ3n) is 7.09. The number of para-hydroxylation sites is 1. The molecular formula is C30H28ClF3N6O4S2. The van der Waals surface area contributed by atoms with Crippen LogP contribution in [0.4, 0.5) is 18.9 Å². The topological polar surface area (TPSA) is 126 Å². The molecule has 0 radical (unpaired) electrons. The number of anilines is 1. The first-order valence-electron chi connectivity index (χ1n) is 14.1. The molecule has 3 aromatic carbocycles. The van der Waals surface area contributed by atoms with E-state index in [4.69, 9.17) is 11.6 Å². The minimum Gasteiger partial charge on any atom is -0.345 e. The van der Waals surface area contributed by atoms with Gasteiger partial charge in [0.15, 0.2) is 11.0 Å². The van der Waals surface area contributed by atoms with E-state index in [1.54, 1.807) is 28.8 Å². The van der Waals surface area contributed by atoms with Crippen molar-refractivity contribution in [3.05, 3.63) is 94.8 Å². The van der Waals surface area contributed by atoms with Crippen molar-refractivity contribution < 1.29 is 31.2 Å². The van der Waals surface area contributed by atoms with Crippen molar-refractivity contribution in [1.82, 2.24) is 24.4 Å². The summed E-state index contributed by atoms with van der Waals surface area (Å²) < 4.78 is 68.3. The van der Waals surface area contributed by atoms with E-state index < -0.39 is 33.6 Å². The maximum atomic E-state index is 13.1. The number of thioether (sulfide) groups is 1. The predicted molar refractivity (Wildman–Crippen MR) is 167 cm³/mol. The van der Waals surface area contributed by atoms with E-state index in [-0.39, 0.29) is 33.5 Å². The number of hydrogen-bond donors (Lipinski definition) is 2. The summed E-state index contributed by atoms with van der Waals surface area (Å²) in [5, 5.41) is 13.8. The van der Waals surface area contributed by atoms with Gasteiger partial charge in [0.05, 0.1) is 33.5 Å². The smallest absolute Gasteiger partial charge is 0.345 e. The SMILES string of the molecule is O=C(CSc1nnc(CNC(=O)c2ccc(S(=O)(=O)N3CCCCC3)cc2)n1-c1ccccc1)Nc1cc(C(F)(F)F)ccc1Cl. The number of piperidine rings is 1. The highest BCUT2D eigenvalue weighted by molar-refractivity contribution is 7.99. The molecule has 16 heteroatoms. The zero-order valence-electron chi connectivity index (χ0n) is 24.1. The standard InChI is InChI=1S/C30H28ClF3N6O4S2/c31-24-14-11-21(30(32,33)34)17-25(24)36-27(41)19-45-29-38-37-26(40(29)22-7-3-1-4-8-22)18-35-28(42)20-9-12-23(13-10-20)46(43,44)39-15-5-2-6-16-39/h1,3-4,7-14,17H,2,5-6,15-16,18-19H2,(H,35,42)(H,36,41). The fraction of sp³-hybridized carbons (Fsp3) is 0.267. The quantitative estimate of drug-likeness (QED) is 0.202. The second-order valence-electron chi connectivity index (χ2n) is 10.3. The average Bonchev–Trinajstić information content (AvgIpc) is 3.46. The van der Waals surface area contributed by atoms with Crippen LogP contribution in [-0.4, -0.2) is 58.1 Å². The van der Waals surface area contributed by atoms with Crippen LogP contribution >= 0.6 is 23.4 Å². The lowest BCUT2D eigenvalue weighted by atomic mass is 10.2. The van der Waals surface area contributed by atoms with E-state index >= 15 is 0 Å². The monoisotopic (exact) mass is 692 g/mol. The van der Waals surface area contributed by atoms with Gasteiger partial charge in [0.1, 0.15) is 0 Å². The first-order valence-corrected chi connectivity index (χ1v) is 16.9. The maximum absolute atomic E-state index is 13.1. The van der Waals surface area contributed by atoms with Crippen molar-refractivity contribution in [3.8, 4) is 5.69 Å². The van der Waals surface area contributed by atoms with Gasteiger partial charge >= 0.3 is 6.18 Å². The van der Waals surface area contributed by atoms with Crippen molar-refractivity contribution in [1.29, 1.82) is 0 Å². The first-order chi connectivity index (χ1) is 21.9. The summed E-state index contributed by atoms with van der Waals surface area (Å²) in [4.78, 5) is 25.8. The van der Waals surface area contributed by atoms with Gasteiger partial charge in [-0.25, -0.2) is 8.42 Å². The molecule has 5 rings (SSSR count).